The van der Waals surface area contributed by atoms with Gasteiger partial charge in [0.25, 0.3) is 0 Å². The molecule has 2 atom stereocenters. The van der Waals surface area contributed by atoms with Gasteiger partial charge in [0.05, 0.1) is 4.90 Å². The number of nitrogens with zero attached hydrogens (tertiary/aromatic N) is 1. The summed E-state index contributed by atoms with van der Waals surface area (Å²) in [6.45, 7) is 6.33. The van der Waals surface area contributed by atoms with E-state index in [0.717, 1.165) is 19.3 Å². The van der Waals surface area contributed by atoms with Gasteiger partial charge in [0.15, 0.2) is 0 Å². The third-order valence-electron chi connectivity index (χ3n) is 5.35. The predicted molar refractivity (Wildman–Crippen MR) is 111 cm³/mol. The number of carbonyl (C=O) groups excluding carboxylic acids is 2. The number of anilines is 1. The van der Waals surface area contributed by atoms with Crippen LogP contribution in [0.3, 0.4) is 0 Å². The molecule has 9 heteroatoms. The van der Waals surface area contributed by atoms with Crippen LogP contribution in [0, 0.1) is 5.41 Å². The molecule has 1 saturated carbocycles. The highest BCUT2D eigenvalue weighted by Crippen LogP contribution is 2.29. The largest absolute Gasteiger partial charge is 0.373 e. The molecule has 1 aliphatic carbocycles. The van der Waals surface area contributed by atoms with Gasteiger partial charge in [-0.25, -0.2) is 13.6 Å². The maximum atomic E-state index is 13.4. The average molecular weight is 423 g/mol. The molecule has 0 spiro atoms. The molecule has 0 unspecified atom stereocenters. The van der Waals surface area contributed by atoms with Gasteiger partial charge in [0.1, 0.15) is 12.1 Å². The number of hydrogen-bond donors (Lipinski definition) is 3. The molecule has 0 bridgehead atoms. The van der Waals surface area contributed by atoms with Gasteiger partial charge in [0, 0.05) is 18.3 Å². The summed E-state index contributed by atoms with van der Waals surface area (Å²) in [5.74, 6) is -0.241. The second kappa shape index (κ2) is 7.95. The van der Waals surface area contributed by atoms with Gasteiger partial charge in [-0.2, -0.15) is 0 Å². The minimum Gasteiger partial charge on any atom is -0.373 e. The lowest BCUT2D eigenvalue weighted by atomic mass is 9.85. The van der Waals surface area contributed by atoms with Crippen molar-refractivity contribution in [1.29, 1.82) is 0 Å². The Labute approximate surface area is 172 Å². The number of carbonyl (C=O) groups is 2. The van der Waals surface area contributed by atoms with Gasteiger partial charge in [-0.3, -0.25) is 9.59 Å². The van der Waals surface area contributed by atoms with Crippen LogP contribution in [-0.4, -0.2) is 49.8 Å². The van der Waals surface area contributed by atoms with E-state index in [-0.39, 0.29) is 22.8 Å². The first-order chi connectivity index (χ1) is 13.5. The molecule has 1 aromatic carbocycles. The van der Waals surface area contributed by atoms with Gasteiger partial charge in [-0.05, 0) is 49.3 Å². The summed E-state index contributed by atoms with van der Waals surface area (Å²) < 4.78 is 23.3. The fourth-order valence-electron chi connectivity index (χ4n) is 3.57. The summed E-state index contributed by atoms with van der Waals surface area (Å²) in [6, 6.07) is 5.27. The SMILES string of the molecule is CC(C)(C)[C@@H](Nc1cccc(S(N)(=O)=O)c1)C(=O)N1CCC[C@H]1C(=O)NC1CC1. The second-order valence-corrected chi connectivity index (χ2v) is 10.6. The van der Waals surface area contributed by atoms with E-state index in [2.05, 4.69) is 10.6 Å². The van der Waals surface area contributed by atoms with Crippen molar-refractivity contribution in [3.05, 3.63) is 24.3 Å². The number of benzene rings is 1. The van der Waals surface area contributed by atoms with Crippen molar-refractivity contribution in [2.75, 3.05) is 11.9 Å². The summed E-state index contributed by atoms with van der Waals surface area (Å²) in [4.78, 5) is 27.7. The fourth-order valence-corrected chi connectivity index (χ4v) is 4.13. The van der Waals surface area contributed by atoms with Crippen LogP contribution in [0.4, 0.5) is 5.69 Å². The third-order valence-corrected chi connectivity index (χ3v) is 6.26. The third kappa shape index (κ3) is 5.27. The fraction of sp³-hybridized carbons (Fsp3) is 0.600. The molecule has 29 heavy (non-hydrogen) atoms. The lowest BCUT2D eigenvalue weighted by molar-refractivity contribution is -0.140. The first-order valence-electron chi connectivity index (χ1n) is 9.97. The summed E-state index contributed by atoms with van der Waals surface area (Å²) in [7, 11) is -3.85. The summed E-state index contributed by atoms with van der Waals surface area (Å²) >= 11 is 0. The Morgan fingerprint density at radius 3 is 2.48 bits per heavy atom. The van der Waals surface area contributed by atoms with Gasteiger partial charge < -0.3 is 15.5 Å². The van der Waals surface area contributed by atoms with E-state index in [4.69, 9.17) is 5.14 Å². The smallest absolute Gasteiger partial charge is 0.246 e. The van der Waals surface area contributed by atoms with E-state index < -0.39 is 27.5 Å². The zero-order chi connectivity index (χ0) is 21.4. The minimum atomic E-state index is -3.85. The molecular formula is C20H30N4O4S. The van der Waals surface area contributed by atoms with Crippen molar-refractivity contribution in [1.82, 2.24) is 10.2 Å². The van der Waals surface area contributed by atoms with Gasteiger partial charge in [0.2, 0.25) is 21.8 Å². The molecule has 2 aliphatic rings. The monoisotopic (exact) mass is 422 g/mol. The van der Waals surface area contributed by atoms with Crippen LogP contribution in [0.2, 0.25) is 0 Å². The molecule has 3 rings (SSSR count). The van der Waals surface area contributed by atoms with Crippen LogP contribution in [0.25, 0.3) is 0 Å². The molecule has 2 amide bonds. The number of nitrogens with one attached hydrogen (secondary N) is 2. The molecular weight excluding hydrogens is 392 g/mol. The molecule has 8 nitrogen and oxygen atoms in total. The van der Waals surface area contributed by atoms with E-state index in [1.54, 1.807) is 17.0 Å². The van der Waals surface area contributed by atoms with Crippen molar-refractivity contribution in [2.45, 2.75) is 69.5 Å². The maximum Gasteiger partial charge on any atom is 0.246 e. The minimum absolute atomic E-state index is 0.0227. The van der Waals surface area contributed by atoms with Crippen molar-refractivity contribution >= 4 is 27.5 Å². The standard InChI is InChI=1S/C20H30N4O4S/c1-20(2,3)17(22-14-6-4-7-15(12-14)29(21,27)28)19(26)24-11-5-8-16(24)18(25)23-13-9-10-13/h4,6-7,12-13,16-17,22H,5,8-11H2,1-3H3,(H,23,25)(H2,21,27,28)/t16-,17-/m0/s1. The van der Waals surface area contributed by atoms with Gasteiger partial charge >= 0.3 is 0 Å². The second-order valence-electron chi connectivity index (χ2n) is 8.99. The Morgan fingerprint density at radius 2 is 1.90 bits per heavy atom. The summed E-state index contributed by atoms with van der Waals surface area (Å²) in [5.41, 5.74) is 0.0254. The van der Waals surface area contributed by atoms with Gasteiger partial charge in [-0.1, -0.05) is 26.8 Å². The van der Waals surface area contributed by atoms with Crippen LogP contribution in [0.15, 0.2) is 29.2 Å². The molecule has 2 fully saturated rings. The molecule has 1 aromatic rings. The van der Waals surface area contributed by atoms with Crippen LogP contribution in [0.1, 0.15) is 46.5 Å². The summed E-state index contributed by atoms with van der Waals surface area (Å²) in [6.07, 6.45) is 3.44. The number of nitrogens with two attached hydrogens (primary N) is 1. The van der Waals surface area contributed by atoms with Gasteiger partial charge in [-0.15, -0.1) is 0 Å². The Kier molecular flexibility index (Phi) is 5.91. The van der Waals surface area contributed by atoms with Crippen molar-refractivity contribution in [2.24, 2.45) is 10.6 Å². The van der Waals surface area contributed by atoms with E-state index in [0.29, 0.717) is 18.7 Å². The first kappa shape index (κ1) is 21.6. The Bertz CT molecular complexity index is 890. The Hall–Kier alpha value is -2.13. The Morgan fingerprint density at radius 1 is 1.21 bits per heavy atom. The van der Waals surface area contributed by atoms with Crippen LogP contribution < -0.4 is 15.8 Å². The number of hydrogen-bond acceptors (Lipinski definition) is 5. The quantitative estimate of drug-likeness (QED) is 0.640. The average Bonchev–Trinajstić information content (AvgIpc) is 3.29. The molecule has 160 valence electrons. The maximum absolute atomic E-state index is 13.4. The molecule has 0 aromatic heterocycles. The lowest BCUT2D eigenvalue weighted by Gasteiger charge is -2.36. The van der Waals surface area contributed by atoms with E-state index in [1.807, 2.05) is 20.8 Å². The van der Waals surface area contributed by atoms with Crippen molar-refractivity contribution in [3.8, 4) is 0 Å². The molecule has 4 N–H and O–H groups in total. The number of rotatable bonds is 6. The Balaban J connectivity index is 1.81. The van der Waals surface area contributed by atoms with E-state index >= 15 is 0 Å². The highest BCUT2D eigenvalue weighted by Gasteiger charge is 2.42. The molecule has 0 radical (unpaired) electrons. The molecule has 1 saturated heterocycles. The van der Waals surface area contributed by atoms with Crippen LogP contribution in [-0.2, 0) is 19.6 Å². The van der Waals surface area contributed by atoms with Crippen molar-refractivity contribution in [3.63, 3.8) is 0 Å². The van der Waals surface area contributed by atoms with Crippen LogP contribution >= 0.6 is 0 Å². The zero-order valence-electron chi connectivity index (χ0n) is 17.1. The van der Waals surface area contributed by atoms with Crippen LogP contribution in [0.5, 0.6) is 0 Å². The number of sulfonamides is 1. The van der Waals surface area contributed by atoms with E-state index in [1.165, 1.54) is 12.1 Å². The van der Waals surface area contributed by atoms with Crippen molar-refractivity contribution < 1.29 is 18.0 Å². The molecule has 1 aliphatic heterocycles. The van der Waals surface area contributed by atoms with E-state index in [9.17, 15) is 18.0 Å². The number of amides is 2. The summed E-state index contributed by atoms with van der Waals surface area (Å²) in [5, 5.41) is 11.4. The topological polar surface area (TPSA) is 122 Å². The lowest BCUT2D eigenvalue weighted by Crippen LogP contribution is -2.54. The zero-order valence-corrected chi connectivity index (χ0v) is 18.0. The number of likely N-dealkylation sites (tertiary alicyclic amines) is 1. The highest BCUT2D eigenvalue weighted by atomic mass is 32.2. The predicted octanol–water partition coefficient (Wildman–Crippen LogP) is 1.43. The first-order valence-corrected chi connectivity index (χ1v) is 11.5. The number of primary sulfonamides is 1. The molecule has 1 heterocycles. The normalized spacial score (nSPS) is 21.0. The highest BCUT2D eigenvalue weighted by molar-refractivity contribution is 7.89.